The molecule has 0 unspecified atom stereocenters. The second-order valence-electron chi connectivity index (χ2n) is 6.75. The molecule has 0 saturated heterocycles. The number of hydrogen-bond donors (Lipinski definition) is 2. The van der Waals surface area contributed by atoms with Crippen LogP contribution in [-0.4, -0.2) is 38.3 Å². The maximum atomic E-state index is 10.2. The van der Waals surface area contributed by atoms with Gasteiger partial charge in [0, 0.05) is 12.5 Å². The molecule has 0 saturated carbocycles. The van der Waals surface area contributed by atoms with E-state index in [4.69, 9.17) is 4.55 Å². The zero-order chi connectivity index (χ0) is 20.1. The van der Waals surface area contributed by atoms with Crippen molar-refractivity contribution in [2.24, 2.45) is 0 Å². The van der Waals surface area contributed by atoms with Gasteiger partial charge in [-0.05, 0) is 19.9 Å². The number of carbonyl (C=O) groups excluding carboxylic acids is 1. The van der Waals surface area contributed by atoms with E-state index in [1.807, 2.05) is 0 Å². The summed E-state index contributed by atoms with van der Waals surface area (Å²) in [5.41, 5.74) is 0. The van der Waals surface area contributed by atoms with Crippen molar-refractivity contribution in [2.45, 2.75) is 96.8 Å². The number of carboxylic acids is 1. The van der Waals surface area contributed by atoms with Gasteiger partial charge in [0.1, 0.15) is 0 Å². The summed E-state index contributed by atoms with van der Waals surface area (Å²) in [6.07, 6.45) is 16.9. The van der Waals surface area contributed by atoms with Gasteiger partial charge in [0.15, 0.2) is 0 Å². The van der Waals surface area contributed by atoms with E-state index < -0.39 is 16.1 Å². The van der Waals surface area contributed by atoms with Crippen molar-refractivity contribution in [1.29, 1.82) is 0 Å². The summed E-state index contributed by atoms with van der Waals surface area (Å²) in [5, 5.41) is 12.8. The standard InChI is InChI=1S/C16H32O2.C3H9NO3S.Na/c1-2-3-4-5-6-7-8-9-10-11-12-13-14-15-16(17)18;1-4-2-3-8(5,6)7;/h2-15H2,1H3,(H,17,18);4H,2-3H2,1H3,(H,5,6,7);/q;;+1/p-1. The Morgan fingerprint density at radius 1 is 0.852 bits per heavy atom. The molecular formula is C19H40NNaO5S. The molecule has 0 spiro atoms. The van der Waals surface area contributed by atoms with Gasteiger partial charge >= 0.3 is 29.6 Å². The normalized spacial score (nSPS) is 10.6. The average molecular weight is 418 g/mol. The van der Waals surface area contributed by atoms with Crippen molar-refractivity contribution >= 4 is 16.1 Å². The molecule has 8 heteroatoms. The van der Waals surface area contributed by atoms with Crippen LogP contribution in [0.2, 0.25) is 0 Å². The first-order chi connectivity index (χ1) is 12.3. The van der Waals surface area contributed by atoms with Gasteiger partial charge in [-0.25, -0.2) is 0 Å². The Morgan fingerprint density at radius 2 is 1.22 bits per heavy atom. The number of unbranched alkanes of at least 4 members (excludes halogenated alkanes) is 12. The van der Waals surface area contributed by atoms with Crippen LogP contribution in [0, 0.1) is 0 Å². The van der Waals surface area contributed by atoms with Gasteiger partial charge in [-0.1, -0.05) is 84.0 Å². The van der Waals surface area contributed by atoms with Gasteiger partial charge in [-0.2, -0.15) is 8.42 Å². The number of nitrogens with one attached hydrogen (secondary N) is 1. The second kappa shape index (κ2) is 24.4. The minimum Gasteiger partial charge on any atom is -0.550 e. The first-order valence-corrected chi connectivity index (χ1v) is 11.7. The predicted molar refractivity (Wildman–Crippen MR) is 106 cm³/mol. The molecule has 0 atom stereocenters. The molecule has 0 aliphatic carbocycles. The van der Waals surface area contributed by atoms with Crippen LogP contribution in [-0.2, 0) is 14.9 Å². The zero-order valence-electron chi connectivity index (χ0n) is 17.8. The number of aliphatic carboxylic acids is 1. The molecule has 6 nitrogen and oxygen atoms in total. The summed E-state index contributed by atoms with van der Waals surface area (Å²) in [7, 11) is -2.13. The topological polar surface area (TPSA) is 107 Å². The molecule has 158 valence electrons. The van der Waals surface area contributed by atoms with Gasteiger partial charge in [0.05, 0.1) is 5.75 Å². The van der Waals surface area contributed by atoms with Crippen LogP contribution in [0.15, 0.2) is 0 Å². The van der Waals surface area contributed by atoms with Crippen molar-refractivity contribution in [3.8, 4) is 0 Å². The fourth-order valence-corrected chi connectivity index (χ4v) is 2.98. The van der Waals surface area contributed by atoms with Crippen molar-refractivity contribution in [3.05, 3.63) is 0 Å². The molecule has 0 radical (unpaired) electrons. The summed E-state index contributed by atoms with van der Waals surface area (Å²) in [6.45, 7) is 2.55. The van der Waals surface area contributed by atoms with Crippen LogP contribution in [0.3, 0.4) is 0 Å². The van der Waals surface area contributed by atoms with Gasteiger partial charge in [-0.15, -0.1) is 0 Å². The fraction of sp³-hybridized carbons (Fsp3) is 0.947. The number of rotatable bonds is 17. The molecular weight excluding hydrogens is 377 g/mol. The van der Waals surface area contributed by atoms with E-state index in [-0.39, 0.29) is 41.7 Å². The molecule has 27 heavy (non-hydrogen) atoms. The molecule has 0 aromatic carbocycles. The summed E-state index contributed by atoms with van der Waals surface area (Å²) in [5.74, 6) is -1.12. The van der Waals surface area contributed by atoms with Crippen LogP contribution in [0.1, 0.15) is 96.8 Å². The van der Waals surface area contributed by atoms with Crippen LogP contribution in [0.25, 0.3) is 0 Å². The molecule has 2 N–H and O–H groups in total. The number of hydrogen-bond acceptors (Lipinski definition) is 5. The monoisotopic (exact) mass is 417 g/mol. The van der Waals surface area contributed by atoms with Crippen LogP contribution < -0.4 is 40.0 Å². The van der Waals surface area contributed by atoms with Crippen LogP contribution in [0.5, 0.6) is 0 Å². The Morgan fingerprint density at radius 3 is 1.48 bits per heavy atom. The fourth-order valence-electron chi connectivity index (χ4n) is 2.52. The van der Waals surface area contributed by atoms with Crippen molar-refractivity contribution < 1.29 is 52.4 Å². The van der Waals surface area contributed by atoms with Crippen molar-refractivity contribution in [3.63, 3.8) is 0 Å². The maximum Gasteiger partial charge on any atom is 1.00 e. The summed E-state index contributed by atoms with van der Waals surface area (Å²) < 4.78 is 27.9. The van der Waals surface area contributed by atoms with Crippen molar-refractivity contribution in [2.75, 3.05) is 19.3 Å². The molecule has 0 aliphatic heterocycles. The Labute approximate surface area is 189 Å². The molecule has 0 amide bonds. The van der Waals surface area contributed by atoms with E-state index in [9.17, 15) is 18.3 Å². The number of carboxylic acid groups (broad SMARTS) is 1. The molecule has 0 heterocycles. The third kappa shape index (κ3) is 37.7. The van der Waals surface area contributed by atoms with E-state index in [0.29, 0.717) is 6.54 Å². The van der Waals surface area contributed by atoms with Crippen molar-refractivity contribution in [1.82, 2.24) is 5.32 Å². The van der Waals surface area contributed by atoms with Gasteiger partial charge in [0.25, 0.3) is 10.1 Å². The Kier molecular flexibility index (Phi) is 28.9. The molecule has 0 bridgehead atoms. The third-order valence-electron chi connectivity index (χ3n) is 4.09. The van der Waals surface area contributed by atoms with E-state index >= 15 is 0 Å². The van der Waals surface area contributed by atoms with Crippen LogP contribution >= 0.6 is 0 Å². The van der Waals surface area contributed by atoms with E-state index in [1.165, 1.54) is 70.6 Å². The predicted octanol–water partition coefficient (Wildman–Crippen LogP) is 0.315. The Bertz CT molecular complexity index is 405. The molecule has 0 fully saturated rings. The summed E-state index contributed by atoms with van der Waals surface area (Å²) in [4.78, 5) is 10.2. The average Bonchev–Trinajstić information content (AvgIpc) is 2.57. The van der Waals surface area contributed by atoms with Gasteiger partial charge < -0.3 is 15.2 Å². The number of carbonyl (C=O) groups is 1. The quantitative estimate of drug-likeness (QED) is 0.200. The summed E-state index contributed by atoms with van der Waals surface area (Å²) in [6, 6.07) is 0. The van der Waals surface area contributed by atoms with Gasteiger partial charge in [0.2, 0.25) is 0 Å². The zero-order valence-corrected chi connectivity index (χ0v) is 20.6. The SMILES string of the molecule is CCCCCCCCCCCCCCCC(=O)[O-].CNCCS(=O)(=O)O.[Na+]. The molecule has 0 rings (SSSR count). The minimum absolute atomic E-state index is 0. The second-order valence-corrected chi connectivity index (χ2v) is 8.33. The largest absolute Gasteiger partial charge is 1.00 e. The third-order valence-corrected chi connectivity index (χ3v) is 4.81. The molecule has 0 aromatic rings. The van der Waals surface area contributed by atoms with E-state index in [0.717, 1.165) is 12.8 Å². The smallest absolute Gasteiger partial charge is 0.550 e. The summed E-state index contributed by atoms with van der Waals surface area (Å²) >= 11 is 0. The first kappa shape index (κ1) is 32.0. The molecule has 0 aliphatic rings. The maximum absolute atomic E-state index is 10.2. The minimum atomic E-state index is -3.75. The Hall–Kier alpha value is 0.340. The van der Waals surface area contributed by atoms with Gasteiger partial charge in [-0.3, -0.25) is 4.55 Å². The molecule has 0 aromatic heterocycles. The van der Waals surface area contributed by atoms with E-state index in [2.05, 4.69) is 12.2 Å². The van der Waals surface area contributed by atoms with Crippen LogP contribution in [0.4, 0.5) is 0 Å². The Balaban J connectivity index is -0.000000542. The first-order valence-electron chi connectivity index (χ1n) is 10.1. The van der Waals surface area contributed by atoms with E-state index in [1.54, 1.807) is 7.05 Å².